The number of carbonyl (C=O) groups is 2. The van der Waals surface area contributed by atoms with Crippen molar-refractivity contribution in [3.63, 3.8) is 0 Å². The number of nitrogens with one attached hydrogen (secondary N) is 1. The third-order valence-corrected chi connectivity index (χ3v) is 4.02. The van der Waals surface area contributed by atoms with E-state index in [0.717, 1.165) is 35.6 Å². The Morgan fingerprint density at radius 3 is 2.42 bits per heavy atom. The van der Waals surface area contributed by atoms with E-state index in [0.29, 0.717) is 0 Å². The summed E-state index contributed by atoms with van der Waals surface area (Å²) in [6, 6.07) is 3.43. The van der Waals surface area contributed by atoms with E-state index in [1.165, 1.54) is 6.20 Å². The fraction of sp³-hybridized carbons (Fsp3) is 0.0667. The number of carboxylic acids is 1. The van der Waals surface area contributed by atoms with Crippen molar-refractivity contribution >= 4 is 29.1 Å². The number of anilines is 1. The maximum absolute atomic E-state index is 12.6. The summed E-state index contributed by atoms with van der Waals surface area (Å²) < 4.78 is 42.5. The molecule has 0 aliphatic rings. The number of amides is 1. The fourth-order valence-corrected chi connectivity index (χ4v) is 2.67. The summed E-state index contributed by atoms with van der Waals surface area (Å²) >= 11 is 1.12. The van der Waals surface area contributed by atoms with Crippen LogP contribution in [0.3, 0.4) is 0 Å². The molecule has 0 atom stereocenters. The molecular formula is C15H8F3N3O4S. The molecule has 0 aliphatic carbocycles. The van der Waals surface area contributed by atoms with Crippen molar-refractivity contribution in [1.29, 1.82) is 0 Å². The van der Waals surface area contributed by atoms with E-state index in [4.69, 9.17) is 4.52 Å². The number of halogens is 3. The lowest BCUT2D eigenvalue weighted by atomic mass is 10.1. The highest BCUT2D eigenvalue weighted by Crippen LogP contribution is 2.31. The normalized spacial score (nSPS) is 11.3. The van der Waals surface area contributed by atoms with Crippen molar-refractivity contribution < 1.29 is 32.4 Å². The van der Waals surface area contributed by atoms with Crippen LogP contribution < -0.4 is 5.32 Å². The van der Waals surface area contributed by atoms with Gasteiger partial charge in [-0.25, -0.2) is 9.78 Å². The molecule has 3 aromatic rings. The Bertz CT molecular complexity index is 950. The van der Waals surface area contributed by atoms with E-state index in [1.807, 2.05) is 0 Å². The Hall–Kier alpha value is -3.21. The minimum Gasteiger partial charge on any atom is -0.477 e. The van der Waals surface area contributed by atoms with E-state index < -0.39 is 35.1 Å². The lowest BCUT2D eigenvalue weighted by Gasteiger charge is -2.07. The lowest BCUT2D eigenvalue weighted by molar-refractivity contribution is -0.137. The quantitative estimate of drug-likeness (QED) is 0.711. The Labute approximate surface area is 147 Å². The summed E-state index contributed by atoms with van der Waals surface area (Å²) in [5.74, 6) is -2.69. The van der Waals surface area contributed by atoms with Gasteiger partial charge in [-0.3, -0.25) is 10.1 Å². The maximum Gasteiger partial charge on any atom is 0.416 e. The number of alkyl halides is 3. The molecule has 0 fully saturated rings. The highest BCUT2D eigenvalue weighted by molar-refractivity contribution is 7.13. The molecule has 1 amide bonds. The zero-order valence-electron chi connectivity index (χ0n) is 12.6. The Kier molecular flexibility index (Phi) is 4.47. The second kappa shape index (κ2) is 6.59. The van der Waals surface area contributed by atoms with Gasteiger partial charge in [0.05, 0.1) is 5.56 Å². The van der Waals surface area contributed by atoms with Crippen LogP contribution in [0.25, 0.3) is 10.7 Å². The predicted molar refractivity (Wildman–Crippen MR) is 84.0 cm³/mol. The van der Waals surface area contributed by atoms with Gasteiger partial charge in [0.15, 0.2) is 11.3 Å². The Morgan fingerprint density at radius 2 is 1.88 bits per heavy atom. The molecule has 0 spiro atoms. The smallest absolute Gasteiger partial charge is 0.416 e. The van der Waals surface area contributed by atoms with Crippen LogP contribution in [0, 0.1) is 0 Å². The monoisotopic (exact) mass is 383 g/mol. The molecule has 2 aromatic heterocycles. The summed E-state index contributed by atoms with van der Waals surface area (Å²) in [4.78, 5) is 27.6. The first kappa shape index (κ1) is 17.6. The summed E-state index contributed by atoms with van der Waals surface area (Å²) in [7, 11) is 0. The topological polar surface area (TPSA) is 105 Å². The van der Waals surface area contributed by atoms with Gasteiger partial charge in [-0.2, -0.15) is 13.2 Å². The number of aromatic carboxylic acids is 1. The van der Waals surface area contributed by atoms with E-state index in [-0.39, 0.29) is 16.3 Å². The van der Waals surface area contributed by atoms with Gasteiger partial charge in [0.1, 0.15) is 5.01 Å². The van der Waals surface area contributed by atoms with Gasteiger partial charge in [0.25, 0.3) is 5.91 Å². The van der Waals surface area contributed by atoms with Crippen LogP contribution in [0.2, 0.25) is 0 Å². The van der Waals surface area contributed by atoms with Crippen molar-refractivity contribution in [1.82, 2.24) is 10.1 Å². The molecule has 134 valence electrons. The standard InChI is InChI=1S/C15H8F3N3O4S/c16-15(17,18)8-3-1-7(2-4-8)11(22)20-12-9(14(23)24)10(21-25-12)13-19-5-6-26-13/h1-6H,(H,20,22)(H,23,24). The second-order valence-electron chi connectivity index (χ2n) is 4.91. The van der Waals surface area contributed by atoms with E-state index >= 15 is 0 Å². The Balaban J connectivity index is 1.87. The first-order valence-electron chi connectivity index (χ1n) is 6.89. The second-order valence-corrected chi connectivity index (χ2v) is 5.80. The van der Waals surface area contributed by atoms with Gasteiger partial charge in [0.2, 0.25) is 5.88 Å². The predicted octanol–water partition coefficient (Wildman–Crippen LogP) is 3.77. The van der Waals surface area contributed by atoms with Crippen molar-refractivity contribution in [3.8, 4) is 10.7 Å². The van der Waals surface area contributed by atoms with Gasteiger partial charge in [-0.05, 0) is 24.3 Å². The van der Waals surface area contributed by atoms with E-state index in [9.17, 15) is 27.9 Å². The van der Waals surface area contributed by atoms with Crippen LogP contribution in [0.1, 0.15) is 26.3 Å². The number of hydrogen-bond acceptors (Lipinski definition) is 6. The number of nitrogens with zero attached hydrogens (tertiary/aromatic N) is 2. The molecule has 0 bridgehead atoms. The van der Waals surface area contributed by atoms with Gasteiger partial charge in [-0.1, -0.05) is 5.16 Å². The summed E-state index contributed by atoms with van der Waals surface area (Å²) in [5.41, 5.74) is -1.48. The molecule has 11 heteroatoms. The third kappa shape index (κ3) is 3.42. The molecule has 26 heavy (non-hydrogen) atoms. The lowest BCUT2D eigenvalue weighted by Crippen LogP contribution is -2.14. The first-order valence-corrected chi connectivity index (χ1v) is 7.77. The Morgan fingerprint density at radius 1 is 1.19 bits per heavy atom. The average molecular weight is 383 g/mol. The van der Waals surface area contributed by atoms with Crippen molar-refractivity contribution in [3.05, 3.63) is 52.5 Å². The van der Waals surface area contributed by atoms with E-state index in [1.54, 1.807) is 5.38 Å². The van der Waals surface area contributed by atoms with Crippen molar-refractivity contribution in [2.75, 3.05) is 5.32 Å². The van der Waals surface area contributed by atoms with E-state index in [2.05, 4.69) is 15.5 Å². The molecular weight excluding hydrogens is 375 g/mol. The highest BCUT2D eigenvalue weighted by Gasteiger charge is 2.31. The largest absolute Gasteiger partial charge is 0.477 e. The number of hydrogen-bond donors (Lipinski definition) is 2. The number of carboxylic acid groups (broad SMARTS) is 1. The molecule has 3 rings (SSSR count). The van der Waals surface area contributed by atoms with Crippen LogP contribution in [0.5, 0.6) is 0 Å². The number of thiazole rings is 1. The van der Waals surface area contributed by atoms with Gasteiger partial charge >= 0.3 is 12.1 Å². The summed E-state index contributed by atoms with van der Waals surface area (Å²) in [6.45, 7) is 0. The molecule has 0 saturated carbocycles. The van der Waals surface area contributed by atoms with Gasteiger partial charge in [-0.15, -0.1) is 11.3 Å². The summed E-state index contributed by atoms with van der Waals surface area (Å²) in [6.07, 6.45) is -3.08. The van der Waals surface area contributed by atoms with Gasteiger partial charge < -0.3 is 9.63 Å². The minimum atomic E-state index is -4.53. The number of benzene rings is 1. The summed E-state index contributed by atoms with van der Waals surface area (Å²) in [5, 5.41) is 17.0. The van der Waals surface area contributed by atoms with Crippen molar-refractivity contribution in [2.24, 2.45) is 0 Å². The van der Waals surface area contributed by atoms with Gasteiger partial charge in [0, 0.05) is 17.1 Å². The molecule has 0 radical (unpaired) electrons. The molecule has 0 aliphatic heterocycles. The highest BCUT2D eigenvalue weighted by atomic mass is 32.1. The van der Waals surface area contributed by atoms with Crippen LogP contribution >= 0.6 is 11.3 Å². The zero-order valence-corrected chi connectivity index (χ0v) is 13.4. The molecule has 7 nitrogen and oxygen atoms in total. The molecule has 1 aromatic carbocycles. The number of carbonyl (C=O) groups excluding carboxylic acids is 1. The SMILES string of the molecule is O=C(Nc1onc(-c2nccs2)c1C(=O)O)c1ccc(C(F)(F)F)cc1. The van der Waals surface area contributed by atoms with Crippen LogP contribution in [-0.4, -0.2) is 27.1 Å². The number of aromatic nitrogens is 2. The average Bonchev–Trinajstić information content (AvgIpc) is 3.23. The third-order valence-electron chi connectivity index (χ3n) is 3.24. The number of rotatable bonds is 4. The molecule has 2 heterocycles. The van der Waals surface area contributed by atoms with Crippen LogP contribution in [-0.2, 0) is 6.18 Å². The fourth-order valence-electron chi connectivity index (χ4n) is 2.05. The van der Waals surface area contributed by atoms with Crippen molar-refractivity contribution in [2.45, 2.75) is 6.18 Å². The molecule has 0 unspecified atom stereocenters. The zero-order chi connectivity index (χ0) is 18.9. The first-order chi connectivity index (χ1) is 12.3. The minimum absolute atomic E-state index is 0.0600. The van der Waals surface area contributed by atoms with Crippen LogP contribution in [0.15, 0.2) is 40.4 Å². The van der Waals surface area contributed by atoms with Crippen LogP contribution in [0.4, 0.5) is 19.1 Å². The molecule has 2 N–H and O–H groups in total. The maximum atomic E-state index is 12.6. The molecule has 0 saturated heterocycles.